The van der Waals surface area contributed by atoms with E-state index in [1.165, 1.54) is 0 Å². The maximum absolute atomic E-state index is 10.7. The molecule has 1 saturated carbocycles. The zero-order chi connectivity index (χ0) is 13.2. The van der Waals surface area contributed by atoms with E-state index in [-0.39, 0.29) is 11.5 Å². The van der Waals surface area contributed by atoms with Crippen LogP contribution in [-0.4, -0.2) is 22.3 Å². The Balaban J connectivity index is 1.88. The summed E-state index contributed by atoms with van der Waals surface area (Å²) in [5.74, 6) is -0.899. The molecule has 0 aliphatic heterocycles. The van der Waals surface area contributed by atoms with Crippen LogP contribution in [0.5, 0.6) is 0 Å². The minimum absolute atomic E-state index is 0.182. The fourth-order valence-electron chi connectivity index (χ4n) is 2.51. The van der Waals surface area contributed by atoms with Gasteiger partial charge >= 0.3 is 5.97 Å². The Kier molecular flexibility index (Phi) is 3.71. The SMILES string of the molecule is CCC1([C@H](O)CCc2ccc(C(=O)O)cc2)CC1. The lowest BCUT2D eigenvalue weighted by molar-refractivity contribution is 0.0696. The largest absolute Gasteiger partial charge is 0.478 e. The van der Waals surface area contributed by atoms with Crippen LogP contribution in [0.1, 0.15) is 48.5 Å². The first kappa shape index (κ1) is 13.1. The van der Waals surface area contributed by atoms with Gasteiger partial charge in [-0.2, -0.15) is 0 Å². The van der Waals surface area contributed by atoms with Crippen molar-refractivity contribution in [3.8, 4) is 0 Å². The summed E-state index contributed by atoms with van der Waals surface area (Å²) >= 11 is 0. The molecule has 18 heavy (non-hydrogen) atoms. The molecule has 2 rings (SSSR count). The normalized spacial score (nSPS) is 18.3. The number of hydrogen-bond acceptors (Lipinski definition) is 2. The third kappa shape index (κ3) is 2.72. The minimum Gasteiger partial charge on any atom is -0.478 e. The molecule has 3 nitrogen and oxygen atoms in total. The second-order valence-corrected chi connectivity index (χ2v) is 5.27. The highest BCUT2D eigenvalue weighted by atomic mass is 16.4. The van der Waals surface area contributed by atoms with Gasteiger partial charge < -0.3 is 10.2 Å². The fraction of sp³-hybridized carbons (Fsp3) is 0.533. The van der Waals surface area contributed by atoms with Crippen LogP contribution in [0.25, 0.3) is 0 Å². The molecule has 2 N–H and O–H groups in total. The Morgan fingerprint density at radius 2 is 1.94 bits per heavy atom. The summed E-state index contributed by atoms with van der Waals surface area (Å²) in [5, 5.41) is 19.0. The van der Waals surface area contributed by atoms with E-state index < -0.39 is 5.97 Å². The van der Waals surface area contributed by atoms with Crippen molar-refractivity contribution in [2.45, 2.75) is 45.1 Å². The molecule has 1 aliphatic rings. The molecule has 1 aromatic rings. The first-order chi connectivity index (χ1) is 8.57. The smallest absolute Gasteiger partial charge is 0.335 e. The van der Waals surface area contributed by atoms with Crippen LogP contribution >= 0.6 is 0 Å². The maximum Gasteiger partial charge on any atom is 0.335 e. The van der Waals surface area contributed by atoms with Gasteiger partial charge in [0.05, 0.1) is 11.7 Å². The molecule has 0 bridgehead atoms. The first-order valence-corrected chi connectivity index (χ1v) is 6.58. The summed E-state index contributed by atoms with van der Waals surface area (Å²) in [5.41, 5.74) is 1.58. The van der Waals surface area contributed by atoms with Crippen molar-refractivity contribution >= 4 is 5.97 Å². The maximum atomic E-state index is 10.7. The Morgan fingerprint density at radius 3 is 2.39 bits per heavy atom. The molecule has 0 amide bonds. The van der Waals surface area contributed by atoms with Gasteiger partial charge in [-0.15, -0.1) is 0 Å². The lowest BCUT2D eigenvalue weighted by atomic mass is 9.91. The Labute approximate surface area is 107 Å². The topological polar surface area (TPSA) is 57.5 Å². The minimum atomic E-state index is -0.899. The molecule has 0 heterocycles. The highest BCUT2D eigenvalue weighted by Crippen LogP contribution is 2.52. The van der Waals surface area contributed by atoms with Gasteiger partial charge in [0, 0.05) is 0 Å². The Bertz CT molecular complexity index is 418. The first-order valence-electron chi connectivity index (χ1n) is 6.58. The number of aryl methyl sites for hydroxylation is 1. The number of carboxylic acid groups (broad SMARTS) is 1. The van der Waals surface area contributed by atoms with Crippen molar-refractivity contribution in [2.24, 2.45) is 5.41 Å². The van der Waals surface area contributed by atoms with Gasteiger partial charge in [-0.05, 0) is 55.2 Å². The van der Waals surface area contributed by atoms with E-state index >= 15 is 0 Å². The molecule has 0 spiro atoms. The summed E-state index contributed by atoms with van der Waals surface area (Å²) in [6.45, 7) is 2.14. The van der Waals surface area contributed by atoms with Crippen molar-refractivity contribution in [3.63, 3.8) is 0 Å². The van der Waals surface area contributed by atoms with E-state index in [1.807, 2.05) is 12.1 Å². The number of aromatic carboxylic acids is 1. The molecule has 0 aromatic heterocycles. The molecule has 0 unspecified atom stereocenters. The third-order valence-electron chi connectivity index (χ3n) is 4.21. The molecule has 1 fully saturated rings. The lowest BCUT2D eigenvalue weighted by Crippen LogP contribution is -2.21. The number of aliphatic hydroxyl groups is 1. The van der Waals surface area contributed by atoms with Crippen LogP contribution in [0.15, 0.2) is 24.3 Å². The summed E-state index contributed by atoms with van der Waals surface area (Å²) in [6, 6.07) is 6.91. The molecule has 3 heteroatoms. The predicted molar refractivity (Wildman–Crippen MR) is 69.7 cm³/mol. The highest BCUT2D eigenvalue weighted by Gasteiger charge is 2.46. The molecule has 98 valence electrons. The third-order valence-corrected chi connectivity index (χ3v) is 4.21. The van der Waals surface area contributed by atoms with E-state index in [0.717, 1.165) is 37.7 Å². The Hall–Kier alpha value is -1.35. The second-order valence-electron chi connectivity index (χ2n) is 5.27. The van der Waals surface area contributed by atoms with Crippen molar-refractivity contribution in [1.82, 2.24) is 0 Å². The molecule has 0 radical (unpaired) electrons. The summed E-state index contributed by atoms with van der Waals surface area (Å²) in [7, 11) is 0. The monoisotopic (exact) mass is 248 g/mol. The molecule has 1 atom stereocenters. The second kappa shape index (κ2) is 5.11. The van der Waals surface area contributed by atoms with Crippen LogP contribution < -0.4 is 0 Å². The molecular formula is C15H20O3. The van der Waals surface area contributed by atoms with Gasteiger partial charge in [0.1, 0.15) is 0 Å². The standard InChI is InChI=1S/C15H20O3/c1-2-15(9-10-15)13(16)8-5-11-3-6-12(7-4-11)14(17)18/h3-4,6-7,13,16H,2,5,8-10H2,1H3,(H,17,18)/t13-/m1/s1. The zero-order valence-corrected chi connectivity index (χ0v) is 10.7. The predicted octanol–water partition coefficient (Wildman–Crippen LogP) is 2.87. The lowest BCUT2D eigenvalue weighted by Gasteiger charge is -2.20. The number of benzene rings is 1. The van der Waals surface area contributed by atoms with E-state index in [4.69, 9.17) is 5.11 Å². The summed E-state index contributed by atoms with van der Waals surface area (Å²) in [4.78, 5) is 10.7. The fourth-order valence-corrected chi connectivity index (χ4v) is 2.51. The highest BCUT2D eigenvalue weighted by molar-refractivity contribution is 5.87. The molecule has 1 aromatic carbocycles. The van der Waals surface area contributed by atoms with Gasteiger partial charge in [0.25, 0.3) is 0 Å². The van der Waals surface area contributed by atoms with Crippen LogP contribution in [0.4, 0.5) is 0 Å². The van der Waals surface area contributed by atoms with Crippen LogP contribution in [-0.2, 0) is 6.42 Å². The average molecular weight is 248 g/mol. The van der Waals surface area contributed by atoms with Crippen molar-refractivity contribution in [3.05, 3.63) is 35.4 Å². The number of carboxylic acids is 1. The van der Waals surface area contributed by atoms with Crippen LogP contribution in [0.2, 0.25) is 0 Å². The number of aliphatic hydroxyl groups excluding tert-OH is 1. The molecule has 0 saturated heterocycles. The van der Waals surface area contributed by atoms with Gasteiger partial charge in [0.2, 0.25) is 0 Å². The van der Waals surface area contributed by atoms with E-state index in [1.54, 1.807) is 12.1 Å². The number of carbonyl (C=O) groups is 1. The van der Waals surface area contributed by atoms with Gasteiger partial charge in [-0.25, -0.2) is 4.79 Å². The zero-order valence-electron chi connectivity index (χ0n) is 10.7. The summed E-state index contributed by atoms with van der Waals surface area (Å²) < 4.78 is 0. The van der Waals surface area contributed by atoms with Gasteiger partial charge in [-0.3, -0.25) is 0 Å². The van der Waals surface area contributed by atoms with Crippen LogP contribution in [0, 0.1) is 5.41 Å². The summed E-state index contributed by atoms with van der Waals surface area (Å²) in [6.07, 6.45) is 4.68. The van der Waals surface area contributed by atoms with Crippen LogP contribution in [0.3, 0.4) is 0 Å². The van der Waals surface area contributed by atoms with E-state index in [0.29, 0.717) is 5.56 Å². The van der Waals surface area contributed by atoms with Gasteiger partial charge in [0.15, 0.2) is 0 Å². The molecular weight excluding hydrogens is 228 g/mol. The van der Waals surface area contributed by atoms with Crippen molar-refractivity contribution < 1.29 is 15.0 Å². The quantitative estimate of drug-likeness (QED) is 0.813. The average Bonchev–Trinajstić information content (AvgIpc) is 3.17. The van der Waals surface area contributed by atoms with E-state index in [9.17, 15) is 9.90 Å². The number of rotatable bonds is 6. The Morgan fingerprint density at radius 1 is 1.33 bits per heavy atom. The van der Waals surface area contributed by atoms with E-state index in [2.05, 4.69) is 6.92 Å². The van der Waals surface area contributed by atoms with Gasteiger partial charge in [-0.1, -0.05) is 19.1 Å². The van der Waals surface area contributed by atoms with Crippen molar-refractivity contribution in [1.29, 1.82) is 0 Å². The number of hydrogen-bond donors (Lipinski definition) is 2. The molecule has 1 aliphatic carbocycles. The van der Waals surface area contributed by atoms with Crippen molar-refractivity contribution in [2.75, 3.05) is 0 Å².